The highest BCUT2D eigenvalue weighted by Crippen LogP contribution is 2.24. The van der Waals surface area contributed by atoms with Crippen molar-refractivity contribution in [3.8, 4) is 5.75 Å². The molecule has 0 spiro atoms. The van der Waals surface area contributed by atoms with E-state index in [9.17, 15) is 9.59 Å². The van der Waals surface area contributed by atoms with Crippen molar-refractivity contribution in [1.82, 2.24) is 4.68 Å². The number of benzene rings is 1. The van der Waals surface area contributed by atoms with Crippen LogP contribution in [0.4, 0.5) is 0 Å². The molecule has 1 atom stereocenters. The van der Waals surface area contributed by atoms with Gasteiger partial charge < -0.3 is 19.6 Å². The van der Waals surface area contributed by atoms with Crippen molar-refractivity contribution < 1.29 is 19.0 Å². The van der Waals surface area contributed by atoms with Gasteiger partial charge in [-0.3, -0.25) is 14.3 Å². The van der Waals surface area contributed by atoms with Gasteiger partial charge in [-0.1, -0.05) is 30.3 Å². The molecule has 3 rings (SSSR count). The number of nitrogens with one attached hydrogen (secondary N) is 1. The first-order valence-electron chi connectivity index (χ1n) is 9.16. The van der Waals surface area contributed by atoms with Gasteiger partial charge in [-0.05, 0) is 40.8 Å². The number of aromatic nitrogens is 1. The summed E-state index contributed by atoms with van der Waals surface area (Å²) in [5.41, 5.74) is 4.03. The molecule has 1 unspecified atom stereocenters. The van der Waals surface area contributed by atoms with Crippen molar-refractivity contribution >= 4 is 22.2 Å². The van der Waals surface area contributed by atoms with Crippen LogP contribution in [0, 0.1) is 0 Å². The molecule has 0 amide bonds. The Balaban J connectivity index is 1.88. The summed E-state index contributed by atoms with van der Waals surface area (Å²) in [6, 6.07) is 9.44. The highest BCUT2D eigenvalue weighted by atomic mass is 79.9. The first-order chi connectivity index (χ1) is 13.7. The van der Waals surface area contributed by atoms with E-state index in [1.165, 1.54) is 4.68 Å². The molecule has 28 heavy (non-hydrogen) atoms. The molecule has 0 radical (unpaired) electrons. The fraction of sp³-hybridized carbons (Fsp3) is 0.400. The monoisotopic (exact) mass is 450 g/mol. The summed E-state index contributed by atoms with van der Waals surface area (Å²) < 4.78 is 18.9. The molecule has 2 heterocycles. The zero-order valence-electron chi connectivity index (χ0n) is 15.7. The summed E-state index contributed by atoms with van der Waals surface area (Å²) in [4.78, 5) is 24.6. The fourth-order valence-corrected chi connectivity index (χ4v) is 3.54. The summed E-state index contributed by atoms with van der Waals surface area (Å²) in [6.45, 7) is 0.955. The van der Waals surface area contributed by atoms with Crippen molar-refractivity contribution in [2.24, 2.45) is 0 Å². The second kappa shape index (κ2) is 9.86. The quantitative estimate of drug-likeness (QED) is 0.622. The van der Waals surface area contributed by atoms with Crippen LogP contribution in [-0.4, -0.2) is 30.9 Å². The van der Waals surface area contributed by atoms with Gasteiger partial charge in [-0.15, -0.1) is 0 Å². The van der Waals surface area contributed by atoms with Crippen LogP contribution >= 0.6 is 15.9 Å². The number of pyridine rings is 1. The van der Waals surface area contributed by atoms with Gasteiger partial charge in [0, 0.05) is 13.7 Å². The summed E-state index contributed by atoms with van der Waals surface area (Å²) in [5, 5.41) is 0. The van der Waals surface area contributed by atoms with Crippen LogP contribution in [0.15, 0.2) is 39.6 Å². The lowest BCUT2D eigenvalue weighted by molar-refractivity contribution is -0.169. The number of aldehydes is 1. The molecule has 1 saturated heterocycles. The van der Waals surface area contributed by atoms with Gasteiger partial charge in [0.2, 0.25) is 5.43 Å². The van der Waals surface area contributed by atoms with Crippen LogP contribution in [-0.2, 0) is 22.7 Å². The molecule has 1 aliphatic heterocycles. The van der Waals surface area contributed by atoms with Gasteiger partial charge in [0.05, 0.1) is 16.8 Å². The number of hydrogen-bond acceptors (Lipinski definition) is 6. The minimum absolute atomic E-state index is 0.0160. The Labute approximate surface area is 171 Å². The number of carbonyl (C=O) groups excluding carboxylic acids is 1. The standard InChI is InChI=1S/C20H23BrN2O5/c1-22-23-15(11-24)20(28-12-14-7-3-2-4-8-14)19(25)18(21)16(23)13-27-17-9-5-6-10-26-17/h2-4,7-8,11,17,22H,5-6,9-10,12-13H2,1H3. The average Bonchev–Trinajstić information content (AvgIpc) is 2.75. The molecule has 1 aromatic heterocycles. The lowest BCUT2D eigenvalue weighted by Crippen LogP contribution is -2.29. The van der Waals surface area contributed by atoms with E-state index in [1.807, 2.05) is 30.3 Å². The van der Waals surface area contributed by atoms with Crippen LogP contribution in [0.3, 0.4) is 0 Å². The Hall–Kier alpha value is -2.16. The van der Waals surface area contributed by atoms with Crippen LogP contribution in [0.1, 0.15) is 41.0 Å². The zero-order chi connectivity index (χ0) is 19.9. The van der Waals surface area contributed by atoms with Crippen LogP contribution in [0.2, 0.25) is 0 Å². The van der Waals surface area contributed by atoms with Gasteiger partial charge in [0.25, 0.3) is 0 Å². The molecule has 1 fully saturated rings. The van der Waals surface area contributed by atoms with Gasteiger partial charge in [0.15, 0.2) is 18.3 Å². The minimum atomic E-state index is -0.396. The molecular weight excluding hydrogens is 428 g/mol. The topological polar surface area (TPSA) is 78.8 Å². The fourth-order valence-electron chi connectivity index (χ4n) is 3.07. The van der Waals surface area contributed by atoms with E-state index in [0.717, 1.165) is 24.8 Å². The van der Waals surface area contributed by atoms with Gasteiger partial charge in [-0.25, -0.2) is 0 Å². The van der Waals surface area contributed by atoms with E-state index in [-0.39, 0.29) is 35.4 Å². The molecule has 2 aromatic rings. The molecule has 8 heteroatoms. The van der Waals surface area contributed by atoms with Gasteiger partial charge >= 0.3 is 0 Å². The van der Waals surface area contributed by atoms with Crippen LogP contribution in [0.5, 0.6) is 5.75 Å². The Morgan fingerprint density at radius 2 is 2.07 bits per heavy atom. The van der Waals surface area contributed by atoms with E-state index in [0.29, 0.717) is 18.6 Å². The zero-order valence-corrected chi connectivity index (χ0v) is 17.2. The first kappa shape index (κ1) is 20.6. The smallest absolute Gasteiger partial charge is 0.238 e. The van der Waals surface area contributed by atoms with Crippen molar-refractivity contribution in [2.45, 2.75) is 38.8 Å². The van der Waals surface area contributed by atoms with Crippen molar-refractivity contribution in [1.29, 1.82) is 0 Å². The Kier molecular flexibility index (Phi) is 7.24. The van der Waals surface area contributed by atoms with E-state index in [1.54, 1.807) is 7.05 Å². The summed E-state index contributed by atoms with van der Waals surface area (Å²) in [7, 11) is 1.66. The maximum atomic E-state index is 12.9. The van der Waals surface area contributed by atoms with Crippen molar-refractivity contribution in [3.05, 3.63) is 62.0 Å². The number of nitrogens with zero attached hydrogens (tertiary/aromatic N) is 1. The molecule has 0 saturated carbocycles. The Morgan fingerprint density at radius 3 is 2.71 bits per heavy atom. The molecular formula is C20H23BrN2O5. The largest absolute Gasteiger partial charge is 0.483 e. The van der Waals surface area contributed by atoms with E-state index in [4.69, 9.17) is 14.2 Å². The van der Waals surface area contributed by atoms with E-state index in [2.05, 4.69) is 21.4 Å². The number of halogens is 1. The maximum Gasteiger partial charge on any atom is 0.238 e. The molecule has 1 aromatic carbocycles. The first-order valence-corrected chi connectivity index (χ1v) is 9.95. The highest BCUT2D eigenvalue weighted by molar-refractivity contribution is 9.10. The normalized spacial score (nSPS) is 16.6. The highest BCUT2D eigenvalue weighted by Gasteiger charge is 2.23. The second-order valence-corrected chi connectivity index (χ2v) is 7.16. The minimum Gasteiger partial charge on any atom is -0.483 e. The number of rotatable bonds is 8. The molecule has 0 aliphatic carbocycles. The molecule has 1 aliphatic rings. The Morgan fingerprint density at radius 1 is 1.29 bits per heavy atom. The second-order valence-electron chi connectivity index (χ2n) is 6.36. The van der Waals surface area contributed by atoms with Crippen molar-refractivity contribution in [3.63, 3.8) is 0 Å². The summed E-state index contributed by atoms with van der Waals surface area (Å²) in [6.07, 6.45) is 3.16. The molecule has 7 nitrogen and oxygen atoms in total. The third kappa shape index (κ3) is 4.63. The average molecular weight is 451 g/mol. The van der Waals surface area contributed by atoms with Crippen LogP contribution < -0.4 is 15.6 Å². The summed E-state index contributed by atoms with van der Waals surface area (Å²) in [5.74, 6) is -0.0160. The molecule has 150 valence electrons. The third-order valence-electron chi connectivity index (χ3n) is 4.51. The summed E-state index contributed by atoms with van der Waals surface area (Å²) >= 11 is 3.35. The number of ether oxygens (including phenoxy) is 3. The Bertz CT molecular complexity index is 863. The van der Waals surface area contributed by atoms with E-state index >= 15 is 0 Å². The van der Waals surface area contributed by atoms with Crippen LogP contribution in [0.25, 0.3) is 0 Å². The van der Waals surface area contributed by atoms with Crippen molar-refractivity contribution in [2.75, 3.05) is 19.1 Å². The third-order valence-corrected chi connectivity index (χ3v) is 5.33. The van der Waals surface area contributed by atoms with Gasteiger partial charge in [-0.2, -0.15) is 0 Å². The maximum absolute atomic E-state index is 12.9. The predicted molar refractivity (Wildman–Crippen MR) is 108 cm³/mol. The SMILES string of the molecule is CNn1c(C=O)c(OCc2ccccc2)c(=O)c(Br)c1COC1CCCCO1. The number of hydrogen-bond donors (Lipinski definition) is 1. The number of carbonyl (C=O) groups is 1. The van der Waals surface area contributed by atoms with Gasteiger partial charge in [0.1, 0.15) is 12.3 Å². The molecule has 1 N–H and O–H groups in total. The lowest BCUT2D eigenvalue weighted by atomic mass is 10.2. The predicted octanol–water partition coefficient (Wildman–Crippen LogP) is 3.22. The lowest BCUT2D eigenvalue weighted by Gasteiger charge is -2.25. The van der Waals surface area contributed by atoms with E-state index < -0.39 is 5.43 Å². The molecule has 0 bridgehead atoms.